The first-order chi connectivity index (χ1) is 8.65. The number of alkyl halides is 6. The van der Waals surface area contributed by atoms with Crippen LogP contribution in [0, 0.1) is 5.92 Å². The van der Waals surface area contributed by atoms with Crippen LogP contribution in [0.3, 0.4) is 0 Å². The Bertz CT molecular complexity index is 455. The molecule has 0 aromatic rings. The van der Waals surface area contributed by atoms with Gasteiger partial charge in [0.1, 0.15) is 24.2 Å². The Morgan fingerprint density at radius 1 is 1.05 bits per heavy atom. The van der Waals surface area contributed by atoms with Crippen LogP contribution in [-0.4, -0.2) is 47.1 Å². The van der Waals surface area contributed by atoms with Gasteiger partial charge >= 0.3 is 5.97 Å². The first-order valence-corrected chi connectivity index (χ1v) is 5.13. The second-order valence-corrected chi connectivity index (χ2v) is 4.53. The van der Waals surface area contributed by atoms with E-state index in [1.807, 2.05) is 0 Å². The summed E-state index contributed by atoms with van der Waals surface area (Å²) in [6.07, 6.45) is -13.9. The number of aliphatic carboxylic acids is 1. The number of carbonyl (C=O) groups is 1. The second kappa shape index (κ2) is 3.86. The highest BCUT2D eigenvalue weighted by atomic mass is 19.2. The highest BCUT2D eigenvalue weighted by molar-refractivity contribution is 5.90. The quantitative estimate of drug-likeness (QED) is 0.626. The Morgan fingerprint density at radius 2 is 1.58 bits per heavy atom. The normalized spacial score (nSPS) is 53.6. The van der Waals surface area contributed by atoms with Gasteiger partial charge in [0.05, 0.1) is 5.92 Å². The minimum Gasteiger partial charge on any atom is -0.478 e. The standard InChI is InChI=1S/C10H7F7O2/c11-1-2(8(18)19)9(16)5(13)3-4(12)7(15)10(9,17)6(3)14/h1,3-7H,(H,18,19). The zero-order valence-electron chi connectivity index (χ0n) is 8.97. The molecular weight excluding hydrogens is 285 g/mol. The zero-order chi connectivity index (χ0) is 14.7. The molecule has 0 radical (unpaired) electrons. The molecule has 0 aromatic carbocycles. The van der Waals surface area contributed by atoms with Gasteiger partial charge in [-0.3, -0.25) is 0 Å². The average molecular weight is 292 g/mol. The monoisotopic (exact) mass is 292 g/mol. The van der Waals surface area contributed by atoms with Crippen molar-refractivity contribution >= 4 is 5.97 Å². The van der Waals surface area contributed by atoms with Gasteiger partial charge in [0.15, 0.2) is 12.3 Å². The van der Waals surface area contributed by atoms with E-state index in [1.54, 1.807) is 0 Å². The smallest absolute Gasteiger partial charge is 0.337 e. The Balaban J connectivity index is 2.63. The first kappa shape index (κ1) is 14.1. The Kier molecular flexibility index (Phi) is 2.87. The van der Waals surface area contributed by atoms with Gasteiger partial charge in [-0.15, -0.1) is 0 Å². The van der Waals surface area contributed by atoms with Gasteiger partial charge in [-0.05, 0) is 0 Å². The molecule has 2 aliphatic carbocycles. The third-order valence-corrected chi connectivity index (χ3v) is 3.79. The molecule has 7 atom stereocenters. The lowest BCUT2D eigenvalue weighted by Crippen LogP contribution is -2.62. The maximum Gasteiger partial charge on any atom is 0.337 e. The van der Waals surface area contributed by atoms with Crippen molar-refractivity contribution in [3.05, 3.63) is 11.9 Å². The lowest BCUT2D eigenvalue weighted by Gasteiger charge is -2.39. The predicted octanol–water partition coefficient (Wildman–Crippen LogP) is 2.34. The van der Waals surface area contributed by atoms with Crippen LogP contribution in [0.4, 0.5) is 30.7 Å². The number of fused-ring (bicyclic) bond motifs is 2. The number of carboxylic acid groups (broad SMARTS) is 1. The molecule has 2 rings (SSSR count). The number of rotatable bonds is 2. The molecule has 2 fully saturated rings. The zero-order valence-corrected chi connectivity index (χ0v) is 8.97. The van der Waals surface area contributed by atoms with Gasteiger partial charge in [0.2, 0.25) is 11.3 Å². The minimum absolute atomic E-state index is 0.983. The van der Waals surface area contributed by atoms with Crippen molar-refractivity contribution in [3.63, 3.8) is 0 Å². The van der Waals surface area contributed by atoms with Crippen molar-refractivity contribution in [2.75, 3.05) is 0 Å². The molecule has 1 N–H and O–H groups in total. The van der Waals surface area contributed by atoms with Gasteiger partial charge in [0.25, 0.3) is 0 Å². The first-order valence-electron chi connectivity index (χ1n) is 5.13. The Morgan fingerprint density at radius 3 is 1.95 bits per heavy atom. The van der Waals surface area contributed by atoms with E-state index >= 15 is 0 Å². The highest BCUT2D eigenvalue weighted by Crippen LogP contribution is 2.64. The van der Waals surface area contributed by atoms with Gasteiger partial charge < -0.3 is 5.11 Å². The molecule has 7 unspecified atom stereocenters. The molecule has 2 bridgehead atoms. The van der Waals surface area contributed by atoms with E-state index in [1.165, 1.54) is 0 Å². The van der Waals surface area contributed by atoms with Crippen LogP contribution in [0.1, 0.15) is 0 Å². The number of carboxylic acids is 1. The molecular formula is C10H7F7O2. The Labute approximate surface area is 101 Å². The van der Waals surface area contributed by atoms with Crippen molar-refractivity contribution in [3.8, 4) is 0 Å². The van der Waals surface area contributed by atoms with E-state index in [9.17, 15) is 35.5 Å². The molecule has 2 aliphatic rings. The van der Waals surface area contributed by atoms with E-state index in [0.717, 1.165) is 0 Å². The fourth-order valence-electron chi connectivity index (χ4n) is 2.84. The van der Waals surface area contributed by atoms with Crippen LogP contribution >= 0.6 is 0 Å². The summed E-state index contributed by atoms with van der Waals surface area (Å²) in [5, 5.41) is 8.48. The molecule has 108 valence electrons. The van der Waals surface area contributed by atoms with E-state index in [2.05, 4.69) is 0 Å². The topological polar surface area (TPSA) is 37.3 Å². The van der Waals surface area contributed by atoms with Crippen LogP contribution in [0.25, 0.3) is 0 Å². The van der Waals surface area contributed by atoms with Crippen molar-refractivity contribution in [2.24, 2.45) is 5.92 Å². The van der Waals surface area contributed by atoms with Crippen LogP contribution < -0.4 is 0 Å². The summed E-state index contributed by atoms with van der Waals surface area (Å²) >= 11 is 0. The summed E-state index contributed by atoms with van der Waals surface area (Å²) in [5.74, 6) is -5.08. The third kappa shape index (κ3) is 1.26. The number of hydrogen-bond acceptors (Lipinski definition) is 1. The predicted molar refractivity (Wildman–Crippen MR) is 47.6 cm³/mol. The summed E-state index contributed by atoms with van der Waals surface area (Å²) in [7, 11) is 0. The van der Waals surface area contributed by atoms with Crippen molar-refractivity contribution in [1.82, 2.24) is 0 Å². The molecule has 19 heavy (non-hydrogen) atoms. The molecule has 0 heterocycles. The van der Waals surface area contributed by atoms with Crippen LogP contribution in [-0.2, 0) is 4.79 Å². The van der Waals surface area contributed by atoms with Crippen LogP contribution in [0.2, 0.25) is 0 Å². The molecule has 0 saturated heterocycles. The van der Waals surface area contributed by atoms with Crippen LogP contribution in [0.15, 0.2) is 11.9 Å². The number of hydrogen-bond donors (Lipinski definition) is 1. The molecule has 2 saturated carbocycles. The lowest BCUT2D eigenvalue weighted by molar-refractivity contribution is -0.146. The summed E-state index contributed by atoms with van der Waals surface area (Å²) in [6, 6.07) is 0. The van der Waals surface area contributed by atoms with Crippen molar-refractivity contribution < 1.29 is 40.6 Å². The van der Waals surface area contributed by atoms with E-state index in [0.29, 0.717) is 0 Å². The van der Waals surface area contributed by atoms with Crippen molar-refractivity contribution in [2.45, 2.75) is 36.0 Å². The summed E-state index contributed by atoms with van der Waals surface area (Å²) in [4.78, 5) is 10.6. The van der Waals surface area contributed by atoms with Gasteiger partial charge in [-0.1, -0.05) is 0 Å². The fraction of sp³-hybridized carbons (Fsp3) is 0.700. The van der Waals surface area contributed by atoms with Gasteiger partial charge in [-0.25, -0.2) is 35.5 Å². The van der Waals surface area contributed by atoms with E-state index < -0.39 is 59.8 Å². The van der Waals surface area contributed by atoms with Crippen LogP contribution in [0.5, 0.6) is 0 Å². The number of halogens is 7. The molecule has 0 spiro atoms. The molecule has 0 amide bonds. The van der Waals surface area contributed by atoms with Gasteiger partial charge in [0, 0.05) is 0 Å². The maximum atomic E-state index is 14.3. The highest BCUT2D eigenvalue weighted by Gasteiger charge is 2.86. The average Bonchev–Trinajstić information content (AvgIpc) is 2.59. The lowest BCUT2D eigenvalue weighted by atomic mass is 9.75. The van der Waals surface area contributed by atoms with Gasteiger partial charge in [-0.2, -0.15) is 0 Å². The second-order valence-electron chi connectivity index (χ2n) is 4.53. The molecule has 2 nitrogen and oxygen atoms in total. The fourth-order valence-corrected chi connectivity index (χ4v) is 2.84. The van der Waals surface area contributed by atoms with E-state index in [-0.39, 0.29) is 0 Å². The summed E-state index contributed by atoms with van der Waals surface area (Å²) < 4.78 is 94.4. The van der Waals surface area contributed by atoms with E-state index in [4.69, 9.17) is 5.11 Å². The van der Waals surface area contributed by atoms with Crippen molar-refractivity contribution in [1.29, 1.82) is 0 Å². The third-order valence-electron chi connectivity index (χ3n) is 3.79. The minimum atomic E-state index is -4.42. The molecule has 0 aromatic heterocycles. The SMILES string of the molecule is O=C(O)C(=CF)C1(F)C(F)C2C(F)C(F)C1(F)C2F. The largest absolute Gasteiger partial charge is 0.478 e. The molecule has 0 aliphatic heterocycles. The Hall–Kier alpha value is -1.28. The summed E-state index contributed by atoms with van der Waals surface area (Å²) in [6.45, 7) is 0. The maximum absolute atomic E-state index is 14.3. The molecule has 9 heteroatoms. The summed E-state index contributed by atoms with van der Waals surface area (Å²) in [5.41, 5.74) is -10.9.